The molecule has 0 aromatic carbocycles. The van der Waals surface area contributed by atoms with Crippen LogP contribution in [0.2, 0.25) is 0 Å². The number of rotatable bonds is 5. The van der Waals surface area contributed by atoms with Gasteiger partial charge >= 0.3 is 0 Å². The molecule has 0 aliphatic carbocycles. The molecule has 1 aromatic rings. The van der Waals surface area contributed by atoms with Crippen LogP contribution in [-0.4, -0.2) is 53.4 Å². The topological polar surface area (TPSA) is 36.4 Å². The second-order valence-electron chi connectivity index (χ2n) is 8.86. The summed E-state index contributed by atoms with van der Waals surface area (Å²) in [5.41, 5.74) is 0.919. The van der Waals surface area contributed by atoms with E-state index in [0.717, 1.165) is 54.0 Å². The van der Waals surface area contributed by atoms with Crippen LogP contribution >= 0.6 is 11.3 Å². The predicted octanol–water partition coefficient (Wildman–Crippen LogP) is 4.23. The molecule has 1 atom stereocenters. The molecule has 0 N–H and O–H groups in total. The first-order chi connectivity index (χ1) is 12.4. The molecule has 0 radical (unpaired) electrons. The number of likely N-dealkylation sites (tertiary alicyclic amines) is 2. The van der Waals surface area contributed by atoms with Gasteiger partial charge in [-0.3, -0.25) is 4.79 Å². The highest BCUT2D eigenvalue weighted by Crippen LogP contribution is 2.26. The molecule has 2 fully saturated rings. The van der Waals surface area contributed by atoms with Gasteiger partial charge in [-0.15, -0.1) is 11.3 Å². The lowest BCUT2D eigenvalue weighted by Crippen LogP contribution is -2.45. The summed E-state index contributed by atoms with van der Waals surface area (Å²) in [6, 6.07) is 0. The number of hydrogen-bond acceptors (Lipinski definition) is 4. The summed E-state index contributed by atoms with van der Waals surface area (Å²) >= 11 is 1.61. The van der Waals surface area contributed by atoms with E-state index in [-0.39, 0.29) is 5.91 Å². The lowest BCUT2D eigenvalue weighted by molar-refractivity contribution is 0.0626. The Morgan fingerprint density at radius 3 is 2.65 bits per heavy atom. The van der Waals surface area contributed by atoms with Crippen LogP contribution in [0, 0.1) is 24.7 Å². The van der Waals surface area contributed by atoms with Gasteiger partial charge in [-0.1, -0.05) is 20.8 Å². The fraction of sp³-hybridized carbons (Fsp3) is 0.810. The summed E-state index contributed by atoms with van der Waals surface area (Å²) in [4.78, 5) is 23.3. The molecule has 2 aliphatic heterocycles. The van der Waals surface area contributed by atoms with E-state index in [9.17, 15) is 4.79 Å². The largest absolute Gasteiger partial charge is 0.338 e. The minimum atomic E-state index is 0.215. The average Bonchev–Trinajstić information content (AvgIpc) is 2.96. The molecule has 26 heavy (non-hydrogen) atoms. The maximum atomic E-state index is 13.1. The lowest BCUT2D eigenvalue weighted by atomic mass is 9.94. The van der Waals surface area contributed by atoms with E-state index in [1.54, 1.807) is 11.3 Å². The van der Waals surface area contributed by atoms with Crippen molar-refractivity contribution in [3.63, 3.8) is 0 Å². The highest BCUT2D eigenvalue weighted by molar-refractivity contribution is 7.13. The van der Waals surface area contributed by atoms with Crippen molar-refractivity contribution in [2.45, 2.75) is 59.8 Å². The molecule has 1 unspecified atom stereocenters. The third-order valence-corrected chi connectivity index (χ3v) is 6.98. The normalized spacial score (nSPS) is 23.0. The van der Waals surface area contributed by atoms with Crippen LogP contribution in [0.3, 0.4) is 0 Å². The molecular weight excluding hydrogens is 342 g/mol. The molecule has 5 heteroatoms. The lowest BCUT2D eigenvalue weighted by Gasteiger charge is -2.37. The number of nitrogens with zero attached hydrogens (tertiary/aromatic N) is 3. The van der Waals surface area contributed by atoms with Gasteiger partial charge in [0.1, 0.15) is 4.88 Å². The predicted molar refractivity (Wildman–Crippen MR) is 109 cm³/mol. The molecule has 0 saturated carbocycles. The maximum Gasteiger partial charge on any atom is 0.265 e. The smallest absolute Gasteiger partial charge is 0.265 e. The number of carbonyl (C=O) groups excluding carboxylic acids is 1. The van der Waals surface area contributed by atoms with Crippen LogP contribution in [0.1, 0.15) is 66.8 Å². The summed E-state index contributed by atoms with van der Waals surface area (Å²) in [6.07, 6.45) is 6.02. The van der Waals surface area contributed by atoms with Crippen LogP contribution in [0.15, 0.2) is 0 Å². The first kappa shape index (κ1) is 19.8. The zero-order valence-corrected chi connectivity index (χ0v) is 17.8. The second kappa shape index (κ2) is 8.83. The Kier molecular flexibility index (Phi) is 6.73. The number of hydrogen-bond donors (Lipinski definition) is 0. The SMILES string of the molecule is Cc1nc(CC(C)C)sc1C(=O)N1CCCC(CN2CCC(C)CC2)C1. The van der Waals surface area contributed by atoms with Crippen molar-refractivity contribution in [3.8, 4) is 0 Å². The number of carbonyl (C=O) groups is 1. The van der Waals surface area contributed by atoms with Gasteiger partial charge in [0.15, 0.2) is 0 Å². The van der Waals surface area contributed by atoms with Crippen molar-refractivity contribution >= 4 is 17.2 Å². The van der Waals surface area contributed by atoms with Crippen molar-refractivity contribution < 1.29 is 4.79 Å². The molecule has 0 bridgehead atoms. The second-order valence-corrected chi connectivity index (χ2v) is 9.95. The minimum absolute atomic E-state index is 0.215. The van der Waals surface area contributed by atoms with E-state index >= 15 is 0 Å². The van der Waals surface area contributed by atoms with Crippen molar-refractivity contribution in [1.29, 1.82) is 0 Å². The molecule has 1 amide bonds. The average molecular weight is 378 g/mol. The molecule has 1 aromatic heterocycles. The van der Waals surface area contributed by atoms with Crippen molar-refractivity contribution in [3.05, 3.63) is 15.6 Å². The Hall–Kier alpha value is -0.940. The fourth-order valence-corrected chi connectivity index (χ4v) is 5.48. The molecule has 2 aliphatic rings. The first-order valence-electron chi connectivity index (χ1n) is 10.4. The van der Waals surface area contributed by atoms with Crippen molar-refractivity contribution in [2.75, 3.05) is 32.7 Å². The highest BCUT2D eigenvalue weighted by Gasteiger charge is 2.29. The van der Waals surface area contributed by atoms with Gasteiger partial charge in [-0.05, 0) is 63.5 Å². The van der Waals surface area contributed by atoms with Gasteiger partial charge in [0.25, 0.3) is 5.91 Å². The quantitative estimate of drug-likeness (QED) is 0.770. The Bertz CT molecular complexity index is 604. The molecule has 2 saturated heterocycles. The Morgan fingerprint density at radius 2 is 1.96 bits per heavy atom. The number of thiazole rings is 1. The van der Waals surface area contributed by atoms with Crippen LogP contribution in [0.25, 0.3) is 0 Å². The van der Waals surface area contributed by atoms with Crippen LogP contribution in [0.4, 0.5) is 0 Å². The van der Waals surface area contributed by atoms with Gasteiger partial charge in [-0.25, -0.2) is 4.98 Å². The number of aromatic nitrogens is 1. The van der Waals surface area contributed by atoms with Crippen LogP contribution in [-0.2, 0) is 6.42 Å². The molecule has 4 nitrogen and oxygen atoms in total. The Labute approximate surface area is 163 Å². The third kappa shape index (κ3) is 5.07. The van der Waals surface area contributed by atoms with E-state index in [4.69, 9.17) is 0 Å². The molecular formula is C21H35N3OS. The maximum absolute atomic E-state index is 13.1. The van der Waals surface area contributed by atoms with Crippen molar-refractivity contribution in [2.24, 2.45) is 17.8 Å². The standard InChI is InChI=1S/C21H35N3OS/c1-15(2)12-19-22-17(4)20(26-19)21(25)24-9-5-6-18(14-24)13-23-10-7-16(3)8-11-23/h15-16,18H,5-14H2,1-4H3. The van der Waals surface area contributed by atoms with E-state index in [1.165, 1.54) is 32.4 Å². The first-order valence-corrected chi connectivity index (χ1v) is 11.2. The van der Waals surface area contributed by atoms with Gasteiger partial charge in [0.05, 0.1) is 10.7 Å². The third-order valence-electron chi connectivity index (χ3n) is 5.82. The molecule has 3 rings (SSSR count). The molecule has 3 heterocycles. The van der Waals surface area contributed by atoms with E-state index in [1.807, 2.05) is 6.92 Å². The van der Waals surface area contributed by atoms with Crippen LogP contribution in [0.5, 0.6) is 0 Å². The number of aryl methyl sites for hydroxylation is 1. The monoisotopic (exact) mass is 377 g/mol. The zero-order valence-electron chi connectivity index (χ0n) is 17.0. The van der Waals surface area contributed by atoms with E-state index in [0.29, 0.717) is 11.8 Å². The Balaban J connectivity index is 1.58. The molecule has 146 valence electrons. The van der Waals surface area contributed by atoms with Gasteiger partial charge in [0.2, 0.25) is 0 Å². The number of amides is 1. The highest BCUT2D eigenvalue weighted by atomic mass is 32.1. The number of piperidine rings is 2. The van der Waals surface area contributed by atoms with Gasteiger partial charge in [0, 0.05) is 26.1 Å². The summed E-state index contributed by atoms with van der Waals surface area (Å²) in [5.74, 6) is 2.30. The van der Waals surface area contributed by atoms with Crippen LogP contribution < -0.4 is 0 Å². The summed E-state index contributed by atoms with van der Waals surface area (Å²) in [6.45, 7) is 14.2. The molecule has 0 spiro atoms. The summed E-state index contributed by atoms with van der Waals surface area (Å²) in [5, 5.41) is 1.11. The van der Waals surface area contributed by atoms with Crippen molar-refractivity contribution in [1.82, 2.24) is 14.8 Å². The Morgan fingerprint density at radius 1 is 1.23 bits per heavy atom. The summed E-state index contributed by atoms with van der Waals surface area (Å²) in [7, 11) is 0. The minimum Gasteiger partial charge on any atom is -0.338 e. The van der Waals surface area contributed by atoms with E-state index < -0.39 is 0 Å². The zero-order chi connectivity index (χ0) is 18.7. The van der Waals surface area contributed by atoms with E-state index in [2.05, 4.69) is 35.6 Å². The van der Waals surface area contributed by atoms with Gasteiger partial charge in [-0.2, -0.15) is 0 Å². The van der Waals surface area contributed by atoms with Gasteiger partial charge < -0.3 is 9.80 Å². The fourth-order valence-electron chi connectivity index (χ4n) is 4.24. The summed E-state index contributed by atoms with van der Waals surface area (Å²) < 4.78 is 0.